The number of benzene rings is 1. The zero-order valence-electron chi connectivity index (χ0n) is 8.84. The minimum absolute atomic E-state index is 0.304. The van der Waals surface area contributed by atoms with Crippen molar-refractivity contribution in [2.75, 3.05) is 0 Å². The molecule has 0 aliphatic heterocycles. The molecule has 0 atom stereocenters. The molecular formula is C13H11NO2. The Bertz CT molecular complexity index is 521. The van der Waals surface area contributed by atoms with Gasteiger partial charge >= 0.3 is 5.97 Å². The summed E-state index contributed by atoms with van der Waals surface area (Å²) >= 11 is 0. The number of aryl methyl sites for hydroxylation is 1. The first-order valence-electron chi connectivity index (χ1n) is 4.93. The zero-order chi connectivity index (χ0) is 11.5. The van der Waals surface area contributed by atoms with Crippen molar-refractivity contribution >= 4 is 5.97 Å². The van der Waals surface area contributed by atoms with Gasteiger partial charge in [-0.15, -0.1) is 0 Å². The van der Waals surface area contributed by atoms with Crippen molar-refractivity contribution in [2.24, 2.45) is 0 Å². The molecule has 2 aromatic rings. The number of aromatic carboxylic acids is 1. The Hall–Kier alpha value is -2.16. The Morgan fingerprint density at radius 2 is 2.12 bits per heavy atom. The van der Waals surface area contributed by atoms with Gasteiger partial charge in [-0.1, -0.05) is 23.8 Å². The van der Waals surface area contributed by atoms with Gasteiger partial charge in [0.05, 0.1) is 5.56 Å². The molecule has 0 unspecified atom stereocenters. The maximum Gasteiger partial charge on any atom is 0.336 e. The number of carboxylic acid groups (broad SMARTS) is 1. The fourth-order valence-electron chi connectivity index (χ4n) is 1.61. The molecule has 16 heavy (non-hydrogen) atoms. The summed E-state index contributed by atoms with van der Waals surface area (Å²) in [6, 6.07) is 8.93. The van der Waals surface area contributed by atoms with Gasteiger partial charge in [0.25, 0.3) is 0 Å². The summed E-state index contributed by atoms with van der Waals surface area (Å²) in [6.07, 6.45) is 3.33. The van der Waals surface area contributed by atoms with Gasteiger partial charge < -0.3 is 5.11 Å². The van der Waals surface area contributed by atoms with Gasteiger partial charge in [-0.2, -0.15) is 0 Å². The summed E-state index contributed by atoms with van der Waals surface area (Å²) in [7, 11) is 0. The summed E-state index contributed by atoms with van der Waals surface area (Å²) in [5.41, 5.74) is 2.87. The first kappa shape index (κ1) is 10.4. The van der Waals surface area contributed by atoms with E-state index in [-0.39, 0.29) is 0 Å². The zero-order valence-corrected chi connectivity index (χ0v) is 8.84. The molecule has 3 nitrogen and oxygen atoms in total. The molecular weight excluding hydrogens is 202 g/mol. The van der Waals surface area contributed by atoms with Crippen LogP contribution in [0.25, 0.3) is 11.1 Å². The highest BCUT2D eigenvalue weighted by Crippen LogP contribution is 2.24. The van der Waals surface area contributed by atoms with Gasteiger partial charge in [0.1, 0.15) is 0 Å². The lowest BCUT2D eigenvalue weighted by Gasteiger charge is -2.06. The average molecular weight is 213 g/mol. The molecule has 0 radical (unpaired) electrons. The van der Waals surface area contributed by atoms with Crippen LogP contribution in [-0.4, -0.2) is 16.1 Å². The van der Waals surface area contributed by atoms with Crippen LogP contribution in [0.2, 0.25) is 0 Å². The van der Waals surface area contributed by atoms with Crippen LogP contribution >= 0.6 is 0 Å². The third-order valence-electron chi connectivity index (χ3n) is 2.38. The molecule has 80 valence electrons. The Kier molecular flexibility index (Phi) is 2.68. The van der Waals surface area contributed by atoms with Crippen molar-refractivity contribution in [1.29, 1.82) is 0 Å². The summed E-state index contributed by atoms with van der Waals surface area (Å²) in [6.45, 7) is 1.94. The van der Waals surface area contributed by atoms with E-state index < -0.39 is 5.97 Å². The van der Waals surface area contributed by atoms with E-state index in [0.717, 1.165) is 11.1 Å². The van der Waals surface area contributed by atoms with E-state index in [4.69, 9.17) is 5.11 Å². The van der Waals surface area contributed by atoms with Gasteiger partial charge in [0.15, 0.2) is 0 Å². The van der Waals surface area contributed by atoms with Crippen LogP contribution in [0.1, 0.15) is 15.9 Å². The lowest BCUT2D eigenvalue weighted by Crippen LogP contribution is -1.99. The van der Waals surface area contributed by atoms with Crippen LogP contribution in [0.3, 0.4) is 0 Å². The molecule has 0 bridgehead atoms. The van der Waals surface area contributed by atoms with Crippen LogP contribution in [0.4, 0.5) is 0 Å². The van der Waals surface area contributed by atoms with E-state index in [0.29, 0.717) is 11.1 Å². The molecule has 0 saturated heterocycles. The van der Waals surface area contributed by atoms with Gasteiger partial charge in [0.2, 0.25) is 0 Å². The number of aromatic nitrogens is 1. The first-order chi connectivity index (χ1) is 7.68. The molecule has 0 amide bonds. The van der Waals surface area contributed by atoms with Crippen molar-refractivity contribution in [3.8, 4) is 11.1 Å². The second kappa shape index (κ2) is 4.14. The van der Waals surface area contributed by atoms with Crippen molar-refractivity contribution in [3.05, 3.63) is 53.9 Å². The minimum atomic E-state index is -0.918. The number of nitrogens with zero attached hydrogens (tertiary/aromatic N) is 1. The molecule has 1 aromatic heterocycles. The normalized spacial score (nSPS) is 10.1. The van der Waals surface area contributed by atoms with Crippen molar-refractivity contribution < 1.29 is 9.90 Å². The summed E-state index contributed by atoms with van der Waals surface area (Å²) in [5.74, 6) is -0.918. The quantitative estimate of drug-likeness (QED) is 0.834. The van der Waals surface area contributed by atoms with Crippen molar-refractivity contribution in [1.82, 2.24) is 4.98 Å². The number of carboxylic acids is 1. The smallest absolute Gasteiger partial charge is 0.336 e. The van der Waals surface area contributed by atoms with Crippen LogP contribution in [0, 0.1) is 6.92 Å². The fraction of sp³-hybridized carbons (Fsp3) is 0.0769. The highest BCUT2D eigenvalue weighted by Gasteiger charge is 2.11. The van der Waals surface area contributed by atoms with Gasteiger partial charge in [0, 0.05) is 18.0 Å². The number of carbonyl (C=O) groups is 1. The topological polar surface area (TPSA) is 50.2 Å². The summed E-state index contributed by atoms with van der Waals surface area (Å²) in [4.78, 5) is 15.1. The second-order valence-electron chi connectivity index (χ2n) is 3.60. The van der Waals surface area contributed by atoms with Crippen molar-refractivity contribution in [3.63, 3.8) is 0 Å². The molecule has 1 aromatic carbocycles. The van der Waals surface area contributed by atoms with Crippen LogP contribution < -0.4 is 0 Å². The molecule has 2 rings (SSSR count). The summed E-state index contributed by atoms with van der Waals surface area (Å²) in [5, 5.41) is 9.10. The maximum atomic E-state index is 11.1. The van der Waals surface area contributed by atoms with E-state index >= 15 is 0 Å². The first-order valence-corrected chi connectivity index (χ1v) is 4.93. The van der Waals surface area contributed by atoms with E-state index in [2.05, 4.69) is 4.98 Å². The van der Waals surface area contributed by atoms with E-state index in [1.807, 2.05) is 19.1 Å². The number of pyridine rings is 1. The highest BCUT2D eigenvalue weighted by atomic mass is 16.4. The molecule has 3 heteroatoms. The monoisotopic (exact) mass is 213 g/mol. The SMILES string of the molecule is Cc1ccc(C(=O)O)c(-c2cccnc2)c1. The number of hydrogen-bond acceptors (Lipinski definition) is 2. The Labute approximate surface area is 93.4 Å². The van der Waals surface area contributed by atoms with E-state index in [9.17, 15) is 4.79 Å². The fourth-order valence-corrected chi connectivity index (χ4v) is 1.61. The third-order valence-corrected chi connectivity index (χ3v) is 2.38. The molecule has 0 spiro atoms. The summed E-state index contributed by atoms with van der Waals surface area (Å²) < 4.78 is 0. The highest BCUT2D eigenvalue weighted by molar-refractivity contribution is 5.96. The molecule has 0 saturated carbocycles. The number of rotatable bonds is 2. The average Bonchev–Trinajstić information content (AvgIpc) is 2.29. The Morgan fingerprint density at radius 1 is 1.31 bits per heavy atom. The molecule has 0 aliphatic carbocycles. The standard InChI is InChI=1S/C13H11NO2/c1-9-4-5-11(13(15)16)12(7-9)10-3-2-6-14-8-10/h2-8H,1H3,(H,15,16). The Balaban J connectivity index is 2.63. The number of hydrogen-bond donors (Lipinski definition) is 1. The molecule has 1 N–H and O–H groups in total. The lowest BCUT2D eigenvalue weighted by atomic mass is 9.99. The predicted octanol–water partition coefficient (Wildman–Crippen LogP) is 2.76. The molecule has 0 fully saturated rings. The van der Waals surface area contributed by atoms with Gasteiger partial charge in [-0.3, -0.25) is 4.98 Å². The second-order valence-corrected chi connectivity index (χ2v) is 3.60. The minimum Gasteiger partial charge on any atom is -0.478 e. The van der Waals surface area contributed by atoms with E-state index in [1.54, 1.807) is 30.6 Å². The van der Waals surface area contributed by atoms with Gasteiger partial charge in [-0.05, 0) is 24.6 Å². The van der Waals surface area contributed by atoms with E-state index in [1.165, 1.54) is 0 Å². The predicted molar refractivity (Wildman–Crippen MR) is 61.4 cm³/mol. The molecule has 0 aliphatic rings. The lowest BCUT2D eigenvalue weighted by molar-refractivity contribution is 0.0698. The Morgan fingerprint density at radius 3 is 2.75 bits per heavy atom. The third kappa shape index (κ3) is 1.93. The van der Waals surface area contributed by atoms with Crippen LogP contribution in [0.15, 0.2) is 42.7 Å². The maximum absolute atomic E-state index is 11.1. The van der Waals surface area contributed by atoms with Crippen LogP contribution in [-0.2, 0) is 0 Å². The largest absolute Gasteiger partial charge is 0.478 e. The molecule has 1 heterocycles. The van der Waals surface area contributed by atoms with Crippen LogP contribution in [0.5, 0.6) is 0 Å². The van der Waals surface area contributed by atoms with Gasteiger partial charge in [-0.25, -0.2) is 4.79 Å². The van der Waals surface area contributed by atoms with Crippen molar-refractivity contribution in [2.45, 2.75) is 6.92 Å².